The maximum atomic E-state index is 12.3. The molecule has 0 atom stereocenters. The van der Waals surface area contributed by atoms with Crippen molar-refractivity contribution in [2.24, 2.45) is 0 Å². The average molecular weight is 321 g/mol. The summed E-state index contributed by atoms with van der Waals surface area (Å²) in [6, 6.07) is 5.90. The van der Waals surface area contributed by atoms with Gasteiger partial charge in [0.25, 0.3) is 5.91 Å². The minimum Gasteiger partial charge on any atom is -0.483 e. The summed E-state index contributed by atoms with van der Waals surface area (Å²) in [5.41, 5.74) is 2.09. The molecule has 0 N–H and O–H groups in total. The van der Waals surface area contributed by atoms with Crippen molar-refractivity contribution < 1.29 is 19.1 Å². The van der Waals surface area contributed by atoms with Gasteiger partial charge in [-0.05, 0) is 44.4 Å². The van der Waals surface area contributed by atoms with Crippen LogP contribution in [0.3, 0.4) is 0 Å². The van der Waals surface area contributed by atoms with Gasteiger partial charge < -0.3 is 14.4 Å². The molecular formula is C18H27NO4. The van der Waals surface area contributed by atoms with E-state index < -0.39 is 0 Å². The molecule has 23 heavy (non-hydrogen) atoms. The van der Waals surface area contributed by atoms with Gasteiger partial charge in [0.05, 0.1) is 13.0 Å². The lowest BCUT2D eigenvalue weighted by Gasteiger charge is -2.22. The number of amides is 1. The molecule has 1 amide bonds. The van der Waals surface area contributed by atoms with E-state index in [0.717, 1.165) is 23.3 Å². The zero-order valence-electron chi connectivity index (χ0n) is 14.6. The summed E-state index contributed by atoms with van der Waals surface area (Å²) in [6.07, 6.45) is 1.04. The van der Waals surface area contributed by atoms with E-state index in [-0.39, 0.29) is 24.9 Å². The number of hydrogen-bond acceptors (Lipinski definition) is 4. The standard InChI is InChI=1S/C18H27NO4/c1-5-10-19(11-9-18(21)22-6-2)17(20)13-23-16-12-14(3)7-8-15(16)4/h7-8,12H,5-6,9-11,13H2,1-4H3. The highest BCUT2D eigenvalue weighted by Gasteiger charge is 2.15. The summed E-state index contributed by atoms with van der Waals surface area (Å²) in [7, 11) is 0. The van der Waals surface area contributed by atoms with Crippen molar-refractivity contribution in [2.45, 2.75) is 40.5 Å². The smallest absolute Gasteiger partial charge is 0.307 e. The molecule has 5 heteroatoms. The van der Waals surface area contributed by atoms with Crippen LogP contribution >= 0.6 is 0 Å². The van der Waals surface area contributed by atoms with E-state index in [0.29, 0.717) is 19.7 Å². The molecule has 128 valence electrons. The van der Waals surface area contributed by atoms with E-state index in [1.165, 1.54) is 0 Å². The number of nitrogens with zero attached hydrogens (tertiary/aromatic N) is 1. The van der Waals surface area contributed by atoms with E-state index in [4.69, 9.17) is 9.47 Å². The maximum Gasteiger partial charge on any atom is 0.307 e. The van der Waals surface area contributed by atoms with Crippen molar-refractivity contribution in [3.63, 3.8) is 0 Å². The number of hydrogen-bond donors (Lipinski definition) is 0. The molecule has 0 radical (unpaired) electrons. The van der Waals surface area contributed by atoms with Crippen molar-refractivity contribution in [1.29, 1.82) is 0 Å². The Labute approximate surface area is 138 Å². The van der Waals surface area contributed by atoms with Gasteiger partial charge >= 0.3 is 5.97 Å². The molecule has 0 saturated heterocycles. The van der Waals surface area contributed by atoms with Crippen LogP contribution < -0.4 is 4.74 Å². The molecule has 0 unspecified atom stereocenters. The Morgan fingerprint density at radius 1 is 1.13 bits per heavy atom. The predicted octanol–water partition coefficient (Wildman–Crippen LogP) is 2.87. The largest absolute Gasteiger partial charge is 0.483 e. The quantitative estimate of drug-likeness (QED) is 0.656. The lowest BCUT2D eigenvalue weighted by molar-refractivity contribution is -0.144. The van der Waals surface area contributed by atoms with Crippen molar-refractivity contribution in [3.05, 3.63) is 29.3 Å². The molecule has 0 aliphatic heterocycles. The average Bonchev–Trinajstić information content (AvgIpc) is 2.52. The van der Waals surface area contributed by atoms with Gasteiger partial charge in [-0.25, -0.2) is 0 Å². The topological polar surface area (TPSA) is 55.8 Å². The predicted molar refractivity (Wildman–Crippen MR) is 89.5 cm³/mol. The summed E-state index contributed by atoms with van der Waals surface area (Å²) in [5.74, 6) is 0.328. The Morgan fingerprint density at radius 3 is 2.52 bits per heavy atom. The molecule has 5 nitrogen and oxygen atoms in total. The Morgan fingerprint density at radius 2 is 1.87 bits per heavy atom. The van der Waals surface area contributed by atoms with Crippen molar-refractivity contribution >= 4 is 11.9 Å². The summed E-state index contributed by atoms with van der Waals surface area (Å²) >= 11 is 0. The molecule has 0 bridgehead atoms. The van der Waals surface area contributed by atoms with Crippen LogP contribution in [0.4, 0.5) is 0 Å². The number of rotatable bonds is 9. The molecule has 0 fully saturated rings. The minimum atomic E-state index is -0.281. The normalized spacial score (nSPS) is 10.3. The highest BCUT2D eigenvalue weighted by molar-refractivity contribution is 5.78. The zero-order chi connectivity index (χ0) is 17.2. The minimum absolute atomic E-state index is 0.0207. The molecule has 0 spiro atoms. The van der Waals surface area contributed by atoms with Crippen molar-refractivity contribution in [3.8, 4) is 5.75 Å². The van der Waals surface area contributed by atoms with E-state index >= 15 is 0 Å². The second-order valence-electron chi connectivity index (χ2n) is 5.49. The third-order valence-corrected chi connectivity index (χ3v) is 3.43. The highest BCUT2D eigenvalue weighted by atomic mass is 16.5. The van der Waals surface area contributed by atoms with Crippen molar-refractivity contribution in [2.75, 3.05) is 26.3 Å². The van der Waals surface area contributed by atoms with Gasteiger partial charge in [-0.1, -0.05) is 19.1 Å². The first-order chi connectivity index (χ1) is 11.0. The van der Waals surface area contributed by atoms with Gasteiger partial charge in [0.2, 0.25) is 0 Å². The Balaban J connectivity index is 2.56. The molecular weight excluding hydrogens is 294 g/mol. The maximum absolute atomic E-state index is 12.3. The van der Waals surface area contributed by atoms with Gasteiger partial charge in [-0.2, -0.15) is 0 Å². The SMILES string of the molecule is CCCN(CCC(=O)OCC)C(=O)COc1cc(C)ccc1C. The second-order valence-corrected chi connectivity index (χ2v) is 5.49. The molecule has 1 aromatic rings. The Kier molecular flexibility index (Phi) is 8.16. The Hall–Kier alpha value is -2.04. The first-order valence-corrected chi connectivity index (χ1v) is 8.11. The molecule has 0 saturated carbocycles. The van der Waals surface area contributed by atoms with Crippen LogP contribution in [-0.2, 0) is 14.3 Å². The lowest BCUT2D eigenvalue weighted by atomic mass is 10.1. The summed E-state index contributed by atoms with van der Waals surface area (Å²) in [6.45, 7) is 9.00. The van der Waals surface area contributed by atoms with E-state index in [1.54, 1.807) is 11.8 Å². The fourth-order valence-corrected chi connectivity index (χ4v) is 2.18. The number of carbonyl (C=O) groups is 2. The van der Waals surface area contributed by atoms with Gasteiger partial charge in [0, 0.05) is 13.1 Å². The number of carbonyl (C=O) groups excluding carboxylic acids is 2. The van der Waals surface area contributed by atoms with E-state index in [9.17, 15) is 9.59 Å². The Bertz CT molecular complexity index is 528. The zero-order valence-corrected chi connectivity index (χ0v) is 14.6. The van der Waals surface area contributed by atoms with Crippen LogP contribution in [0.2, 0.25) is 0 Å². The fourth-order valence-electron chi connectivity index (χ4n) is 2.18. The van der Waals surface area contributed by atoms with Crippen LogP contribution in [0.25, 0.3) is 0 Å². The van der Waals surface area contributed by atoms with Crippen molar-refractivity contribution in [1.82, 2.24) is 4.90 Å². The molecule has 0 aliphatic rings. The molecule has 0 aromatic heterocycles. The summed E-state index contributed by atoms with van der Waals surface area (Å²) in [5, 5.41) is 0. The van der Waals surface area contributed by atoms with E-state index in [1.807, 2.05) is 39.0 Å². The number of esters is 1. The van der Waals surface area contributed by atoms with Gasteiger partial charge in [0.15, 0.2) is 6.61 Å². The molecule has 0 heterocycles. The van der Waals surface area contributed by atoms with Gasteiger partial charge in [0.1, 0.15) is 5.75 Å². The third-order valence-electron chi connectivity index (χ3n) is 3.43. The summed E-state index contributed by atoms with van der Waals surface area (Å²) < 4.78 is 10.6. The summed E-state index contributed by atoms with van der Waals surface area (Å²) in [4.78, 5) is 25.4. The van der Waals surface area contributed by atoms with Gasteiger partial charge in [-0.3, -0.25) is 9.59 Å². The highest BCUT2D eigenvalue weighted by Crippen LogP contribution is 2.19. The van der Waals surface area contributed by atoms with Crippen LogP contribution in [0.5, 0.6) is 5.75 Å². The van der Waals surface area contributed by atoms with Crippen LogP contribution in [0.1, 0.15) is 37.8 Å². The number of benzene rings is 1. The first kappa shape index (κ1) is 19.0. The first-order valence-electron chi connectivity index (χ1n) is 8.11. The number of aryl methyl sites for hydroxylation is 2. The van der Waals surface area contributed by atoms with Crippen LogP contribution in [0, 0.1) is 13.8 Å². The van der Waals surface area contributed by atoms with Gasteiger partial charge in [-0.15, -0.1) is 0 Å². The third kappa shape index (κ3) is 6.72. The number of ether oxygens (including phenoxy) is 2. The monoisotopic (exact) mass is 321 g/mol. The molecule has 1 rings (SSSR count). The second kappa shape index (κ2) is 9.87. The lowest BCUT2D eigenvalue weighted by Crippen LogP contribution is -2.37. The molecule has 0 aliphatic carbocycles. The van der Waals surface area contributed by atoms with Crippen LogP contribution in [-0.4, -0.2) is 43.1 Å². The van der Waals surface area contributed by atoms with Crippen LogP contribution in [0.15, 0.2) is 18.2 Å². The van der Waals surface area contributed by atoms with E-state index in [2.05, 4.69) is 0 Å². The fraction of sp³-hybridized carbons (Fsp3) is 0.556. The molecule has 1 aromatic carbocycles.